The number of carbonyl (C=O) groups is 3. The quantitative estimate of drug-likeness (QED) is 0.673. The Bertz CT molecular complexity index is 822. The number of alkyl carbamates (subject to hydrolysis) is 1. The molecule has 1 heterocycles. The van der Waals surface area contributed by atoms with Crippen LogP contribution < -0.4 is 5.32 Å². The smallest absolute Gasteiger partial charge is 0.408 e. The molecule has 0 aromatic heterocycles. The predicted molar refractivity (Wildman–Crippen MR) is 118 cm³/mol. The summed E-state index contributed by atoms with van der Waals surface area (Å²) in [5.74, 6) is -0.722. The van der Waals surface area contributed by atoms with Gasteiger partial charge in [-0.2, -0.15) is 0 Å². The van der Waals surface area contributed by atoms with Gasteiger partial charge in [0.1, 0.15) is 17.7 Å². The van der Waals surface area contributed by atoms with E-state index in [-0.39, 0.29) is 24.3 Å². The van der Waals surface area contributed by atoms with Gasteiger partial charge in [-0.05, 0) is 57.9 Å². The number of aliphatic hydroxyl groups excluding tert-OH is 1. The van der Waals surface area contributed by atoms with Crippen molar-refractivity contribution >= 4 is 18.0 Å². The van der Waals surface area contributed by atoms with E-state index in [2.05, 4.69) is 5.32 Å². The summed E-state index contributed by atoms with van der Waals surface area (Å²) in [5.41, 5.74) is 0.154. The first-order valence-corrected chi connectivity index (χ1v) is 11.2. The number of hydrogen-bond donors (Lipinski definition) is 2. The zero-order chi connectivity index (χ0) is 23.5. The lowest BCUT2D eigenvalue weighted by molar-refractivity contribution is -0.153. The number of rotatable bonds is 5. The van der Waals surface area contributed by atoms with Gasteiger partial charge in [0.15, 0.2) is 0 Å². The number of esters is 1. The van der Waals surface area contributed by atoms with Crippen LogP contribution in [0.5, 0.6) is 0 Å². The summed E-state index contributed by atoms with van der Waals surface area (Å²) >= 11 is 0. The number of hydrogen-bond acceptors (Lipinski definition) is 6. The minimum atomic E-state index is -0.919. The second-order valence-electron chi connectivity index (χ2n) is 9.70. The third-order valence-electron chi connectivity index (χ3n) is 6.15. The predicted octanol–water partition coefficient (Wildman–Crippen LogP) is 2.43. The average molecular weight is 447 g/mol. The number of aliphatic hydroxyl groups is 1. The number of methoxy groups -OCH3 is 1. The van der Waals surface area contributed by atoms with E-state index < -0.39 is 35.9 Å². The van der Waals surface area contributed by atoms with Crippen molar-refractivity contribution in [3.8, 4) is 0 Å². The average Bonchev–Trinajstić information content (AvgIpc) is 3.10. The maximum atomic E-state index is 13.8. The van der Waals surface area contributed by atoms with Crippen LogP contribution in [-0.4, -0.2) is 64.9 Å². The molecule has 1 aromatic carbocycles. The molecule has 2 N–H and O–H groups in total. The molecule has 2 aliphatic rings. The van der Waals surface area contributed by atoms with Gasteiger partial charge in [-0.15, -0.1) is 0 Å². The standard InChI is InChI=1S/C24H34N2O6/c1-24(2,3)32-23(30)25-18(12-15-8-6-5-7-9-15)21(28)26-19-14-17(27)11-10-16(19)13-20(26)22(29)31-4/h5-9,16-20,27H,10-14H2,1-4H3,(H,25,30)/t16-,17+,18-,19-,20-/m0/s1. The summed E-state index contributed by atoms with van der Waals surface area (Å²) in [6, 6.07) is 7.45. The van der Waals surface area contributed by atoms with E-state index in [0.717, 1.165) is 12.0 Å². The summed E-state index contributed by atoms with van der Waals surface area (Å²) in [5, 5.41) is 13.0. The Balaban J connectivity index is 1.89. The highest BCUT2D eigenvalue weighted by atomic mass is 16.6. The molecule has 1 saturated carbocycles. The first-order valence-electron chi connectivity index (χ1n) is 11.2. The summed E-state index contributed by atoms with van der Waals surface area (Å²) in [7, 11) is 1.31. The Labute approximate surface area is 189 Å². The van der Waals surface area contributed by atoms with Crippen LogP contribution in [0.25, 0.3) is 0 Å². The van der Waals surface area contributed by atoms with Gasteiger partial charge in [0.25, 0.3) is 0 Å². The molecular formula is C24H34N2O6. The van der Waals surface area contributed by atoms with Crippen LogP contribution in [0.4, 0.5) is 4.79 Å². The molecule has 3 rings (SSSR count). The van der Waals surface area contributed by atoms with E-state index >= 15 is 0 Å². The Morgan fingerprint density at radius 3 is 2.47 bits per heavy atom. The van der Waals surface area contributed by atoms with Crippen molar-refractivity contribution < 1.29 is 29.0 Å². The number of nitrogens with one attached hydrogen (secondary N) is 1. The number of amides is 2. The summed E-state index contributed by atoms with van der Waals surface area (Å²) < 4.78 is 10.4. The molecular weight excluding hydrogens is 412 g/mol. The molecule has 1 aliphatic heterocycles. The summed E-state index contributed by atoms with van der Waals surface area (Å²) in [6.45, 7) is 5.26. The molecule has 32 heavy (non-hydrogen) atoms. The SMILES string of the molecule is COC(=O)[C@@H]1C[C@@H]2CC[C@@H](O)C[C@@H]2N1C(=O)[C@H](Cc1ccccc1)NC(=O)OC(C)(C)C. The number of carbonyl (C=O) groups excluding carboxylic acids is 3. The van der Waals surface area contributed by atoms with E-state index in [1.165, 1.54) is 7.11 Å². The second kappa shape index (κ2) is 9.90. The number of nitrogens with zero attached hydrogens (tertiary/aromatic N) is 1. The van der Waals surface area contributed by atoms with Crippen LogP contribution in [0.3, 0.4) is 0 Å². The third-order valence-corrected chi connectivity index (χ3v) is 6.15. The fourth-order valence-electron chi connectivity index (χ4n) is 4.78. The zero-order valence-electron chi connectivity index (χ0n) is 19.2. The Kier molecular flexibility index (Phi) is 7.44. The molecule has 0 unspecified atom stereocenters. The van der Waals surface area contributed by atoms with Gasteiger partial charge in [0, 0.05) is 12.5 Å². The number of likely N-dealkylation sites (tertiary alicyclic amines) is 1. The second-order valence-corrected chi connectivity index (χ2v) is 9.70. The largest absolute Gasteiger partial charge is 0.467 e. The first-order chi connectivity index (χ1) is 15.1. The number of benzene rings is 1. The first kappa shape index (κ1) is 24.0. The molecule has 5 atom stereocenters. The van der Waals surface area contributed by atoms with Crippen molar-refractivity contribution in [3.63, 3.8) is 0 Å². The zero-order valence-corrected chi connectivity index (χ0v) is 19.2. The minimum Gasteiger partial charge on any atom is -0.467 e. The fourth-order valence-corrected chi connectivity index (χ4v) is 4.78. The molecule has 0 bridgehead atoms. The molecule has 2 fully saturated rings. The lowest BCUT2D eigenvalue weighted by Crippen LogP contribution is -2.56. The van der Waals surface area contributed by atoms with Crippen LogP contribution in [0, 0.1) is 5.92 Å². The monoisotopic (exact) mass is 446 g/mol. The van der Waals surface area contributed by atoms with E-state index in [9.17, 15) is 19.5 Å². The Hall–Kier alpha value is -2.61. The van der Waals surface area contributed by atoms with Gasteiger partial charge in [-0.3, -0.25) is 4.79 Å². The van der Waals surface area contributed by atoms with Crippen LogP contribution >= 0.6 is 0 Å². The Morgan fingerprint density at radius 2 is 1.84 bits per heavy atom. The maximum Gasteiger partial charge on any atom is 0.408 e. The van der Waals surface area contributed by atoms with Crippen LogP contribution in [0.2, 0.25) is 0 Å². The molecule has 8 heteroatoms. The van der Waals surface area contributed by atoms with Gasteiger partial charge in [0.2, 0.25) is 5.91 Å². The van der Waals surface area contributed by atoms with Crippen LogP contribution in [0.15, 0.2) is 30.3 Å². The third kappa shape index (κ3) is 5.79. The van der Waals surface area contributed by atoms with Crippen molar-refractivity contribution in [1.29, 1.82) is 0 Å². The normalized spacial score (nSPS) is 26.1. The van der Waals surface area contributed by atoms with Crippen LogP contribution in [0.1, 0.15) is 52.0 Å². The van der Waals surface area contributed by atoms with E-state index in [1.54, 1.807) is 25.7 Å². The molecule has 0 spiro atoms. The lowest BCUT2D eigenvalue weighted by Gasteiger charge is -2.37. The van der Waals surface area contributed by atoms with Crippen LogP contribution in [-0.2, 0) is 25.5 Å². The van der Waals surface area contributed by atoms with E-state index in [0.29, 0.717) is 19.3 Å². The summed E-state index contributed by atoms with van der Waals surface area (Å²) in [4.78, 5) is 40.5. The lowest BCUT2D eigenvalue weighted by atomic mass is 9.83. The molecule has 1 aliphatic carbocycles. The van der Waals surface area contributed by atoms with Crippen molar-refractivity contribution in [3.05, 3.63) is 35.9 Å². The van der Waals surface area contributed by atoms with E-state index in [4.69, 9.17) is 9.47 Å². The van der Waals surface area contributed by atoms with E-state index in [1.807, 2.05) is 30.3 Å². The molecule has 0 radical (unpaired) electrons. The van der Waals surface area contributed by atoms with Crippen molar-refractivity contribution in [2.24, 2.45) is 5.92 Å². The minimum absolute atomic E-state index is 0.116. The summed E-state index contributed by atoms with van der Waals surface area (Å²) in [6.07, 6.45) is 1.35. The topological polar surface area (TPSA) is 105 Å². The maximum absolute atomic E-state index is 13.8. The highest BCUT2D eigenvalue weighted by molar-refractivity contribution is 5.91. The van der Waals surface area contributed by atoms with Gasteiger partial charge in [0.05, 0.1) is 13.2 Å². The van der Waals surface area contributed by atoms with Gasteiger partial charge in [-0.25, -0.2) is 9.59 Å². The molecule has 1 aromatic rings. The van der Waals surface area contributed by atoms with Gasteiger partial charge >= 0.3 is 12.1 Å². The highest BCUT2D eigenvalue weighted by Gasteiger charge is 2.50. The Morgan fingerprint density at radius 1 is 1.16 bits per heavy atom. The van der Waals surface area contributed by atoms with Crippen molar-refractivity contribution in [2.45, 2.75) is 82.7 Å². The highest BCUT2D eigenvalue weighted by Crippen LogP contribution is 2.40. The van der Waals surface area contributed by atoms with Crippen molar-refractivity contribution in [1.82, 2.24) is 10.2 Å². The number of fused-ring (bicyclic) bond motifs is 1. The van der Waals surface area contributed by atoms with Gasteiger partial charge < -0.3 is 24.8 Å². The molecule has 1 saturated heterocycles. The molecule has 2 amide bonds. The fraction of sp³-hybridized carbons (Fsp3) is 0.625. The molecule has 8 nitrogen and oxygen atoms in total. The van der Waals surface area contributed by atoms with Gasteiger partial charge in [-0.1, -0.05) is 30.3 Å². The number of ether oxygens (including phenoxy) is 2. The molecule has 176 valence electrons. The van der Waals surface area contributed by atoms with Crippen molar-refractivity contribution in [2.75, 3.05) is 7.11 Å².